The predicted molar refractivity (Wildman–Crippen MR) is 174 cm³/mol. The van der Waals surface area contributed by atoms with E-state index in [0.29, 0.717) is 12.2 Å². The lowest BCUT2D eigenvalue weighted by Crippen LogP contribution is -2.31. The van der Waals surface area contributed by atoms with E-state index in [0.717, 1.165) is 59.6 Å². The lowest BCUT2D eigenvalue weighted by molar-refractivity contribution is 0.0246. The maximum absolute atomic E-state index is 13.4. The van der Waals surface area contributed by atoms with Crippen LogP contribution in [0.1, 0.15) is 99.0 Å². The highest BCUT2D eigenvalue weighted by Crippen LogP contribution is 2.53. The zero-order valence-electron chi connectivity index (χ0n) is 26.2. The minimum absolute atomic E-state index is 0.297. The molecule has 0 amide bonds. The molecule has 42 heavy (non-hydrogen) atoms. The Morgan fingerprint density at radius 3 is 2.14 bits per heavy atom. The monoisotopic (exact) mass is 568 g/mol. The number of fused-ring (bicyclic) bond motifs is 2. The number of carbonyl (C=O) groups excluding carboxylic acids is 1. The first-order valence-electron chi connectivity index (χ1n) is 15.9. The molecule has 0 saturated carbocycles. The van der Waals surface area contributed by atoms with E-state index in [2.05, 4.69) is 61.8 Å². The third-order valence-corrected chi connectivity index (χ3v) is 8.16. The number of nitrogens with one attached hydrogen (secondary N) is 1. The first-order valence-corrected chi connectivity index (χ1v) is 15.9. The van der Waals surface area contributed by atoms with Crippen molar-refractivity contribution in [3.8, 4) is 5.75 Å². The fraction of sp³-hybridized carbons (Fsp3) is 0.432. The number of aryl methyl sites for hydroxylation is 1. The number of esters is 1. The number of rotatable bonds is 13. The smallest absolute Gasteiger partial charge is 0.340 e. The number of unbranched alkanes of at least 4 members (excludes halogenated alkanes) is 5. The molecule has 1 aromatic heterocycles. The molecule has 224 valence electrons. The maximum atomic E-state index is 13.4. The molecule has 1 aliphatic heterocycles. The molecule has 5 nitrogen and oxygen atoms in total. The lowest BCUT2D eigenvalue weighted by Gasteiger charge is -2.32. The second-order valence-corrected chi connectivity index (χ2v) is 10.9. The van der Waals surface area contributed by atoms with E-state index >= 15 is 0 Å². The topological polar surface area (TPSA) is 52.5 Å². The van der Waals surface area contributed by atoms with E-state index in [-0.39, 0.29) is 5.97 Å². The third-order valence-electron chi connectivity index (χ3n) is 8.16. The van der Waals surface area contributed by atoms with Gasteiger partial charge < -0.3 is 19.4 Å². The van der Waals surface area contributed by atoms with Gasteiger partial charge in [0.05, 0.1) is 12.2 Å². The highest BCUT2D eigenvalue weighted by atomic mass is 16.6. The quantitative estimate of drug-likeness (QED) is 0.129. The highest BCUT2D eigenvalue weighted by molar-refractivity contribution is 5.99. The van der Waals surface area contributed by atoms with Gasteiger partial charge >= 0.3 is 5.97 Å². The second-order valence-electron chi connectivity index (χ2n) is 10.9. The first kappa shape index (κ1) is 31.4. The summed E-state index contributed by atoms with van der Waals surface area (Å²) in [5, 5.41) is 4.22. The van der Waals surface area contributed by atoms with Crippen LogP contribution in [0, 0.1) is 6.92 Å². The summed E-state index contributed by atoms with van der Waals surface area (Å²) in [5.74, 6) is 0.440. The average Bonchev–Trinajstić information content (AvgIpc) is 3.47. The molecule has 0 radical (unpaired) electrons. The molecule has 5 rings (SSSR count). The molecular weight excluding hydrogens is 520 g/mol. The van der Waals surface area contributed by atoms with E-state index in [9.17, 15) is 4.79 Å². The number of cyclic esters (lactones) is 1. The highest BCUT2D eigenvalue weighted by Gasteiger charge is 2.52. The Balaban J connectivity index is 0.000000748. The summed E-state index contributed by atoms with van der Waals surface area (Å²) >= 11 is 0. The minimum atomic E-state index is -1.09. The summed E-state index contributed by atoms with van der Waals surface area (Å²) in [6.07, 6.45) is 7.49. The zero-order valence-corrected chi connectivity index (χ0v) is 26.2. The summed E-state index contributed by atoms with van der Waals surface area (Å²) in [6, 6.07) is 24.3. The third kappa shape index (κ3) is 6.27. The number of carbonyl (C=O) groups is 1. The summed E-state index contributed by atoms with van der Waals surface area (Å²) in [7, 11) is 0. The Morgan fingerprint density at radius 1 is 0.786 bits per heavy atom. The Kier molecular flexibility index (Phi) is 11.2. The molecule has 3 aromatic carbocycles. The van der Waals surface area contributed by atoms with Gasteiger partial charge in [-0.1, -0.05) is 107 Å². The van der Waals surface area contributed by atoms with E-state index in [4.69, 9.17) is 9.47 Å². The molecule has 2 heterocycles. The van der Waals surface area contributed by atoms with Gasteiger partial charge in [0.15, 0.2) is 5.60 Å². The molecule has 0 aliphatic carbocycles. The number of hydrogen-bond acceptors (Lipinski definition) is 4. The van der Waals surface area contributed by atoms with Gasteiger partial charge in [0.1, 0.15) is 5.75 Å². The van der Waals surface area contributed by atoms with Crippen molar-refractivity contribution in [2.45, 2.75) is 85.3 Å². The van der Waals surface area contributed by atoms with Crippen molar-refractivity contribution in [3.05, 3.63) is 101 Å². The Bertz CT molecular complexity index is 1450. The van der Waals surface area contributed by atoms with Gasteiger partial charge in [0.2, 0.25) is 0 Å². The standard InChI is InChI=1S/C33H37NO3.C4H11N/c1-4-6-7-8-9-16-23-34-24(3)31(26-18-11-14-21-29(26)34)33(28-20-13-15-22-30(28)36-5-2)27-19-12-10-17-25(27)32(35)37-33;1-3-5-4-2/h10-15,17-22H,4-9,16,23H2,1-3H3;5H,3-4H2,1-2H3. The van der Waals surface area contributed by atoms with Crippen molar-refractivity contribution in [1.29, 1.82) is 0 Å². The molecule has 0 spiro atoms. The van der Waals surface area contributed by atoms with E-state index < -0.39 is 5.60 Å². The summed E-state index contributed by atoms with van der Waals surface area (Å²) in [6.45, 7) is 14.3. The lowest BCUT2D eigenvalue weighted by atomic mass is 9.78. The van der Waals surface area contributed by atoms with Crippen molar-refractivity contribution >= 4 is 16.9 Å². The molecule has 0 saturated heterocycles. The average molecular weight is 569 g/mol. The summed E-state index contributed by atoms with van der Waals surface area (Å²) < 4.78 is 15.1. The largest absolute Gasteiger partial charge is 0.493 e. The fourth-order valence-corrected chi connectivity index (χ4v) is 6.24. The molecular formula is C37H48N2O3. The molecule has 1 atom stereocenters. The van der Waals surface area contributed by atoms with Crippen molar-refractivity contribution < 1.29 is 14.3 Å². The van der Waals surface area contributed by atoms with Crippen molar-refractivity contribution in [2.75, 3.05) is 19.7 Å². The van der Waals surface area contributed by atoms with Gasteiger partial charge in [-0.2, -0.15) is 0 Å². The molecule has 1 unspecified atom stereocenters. The zero-order chi connectivity index (χ0) is 30.0. The van der Waals surface area contributed by atoms with Gasteiger partial charge in [-0.05, 0) is 51.6 Å². The van der Waals surface area contributed by atoms with Crippen LogP contribution in [0.3, 0.4) is 0 Å². The predicted octanol–water partition coefficient (Wildman–Crippen LogP) is 8.79. The molecule has 1 aliphatic rings. The van der Waals surface area contributed by atoms with Crippen LogP contribution >= 0.6 is 0 Å². The first-order chi connectivity index (χ1) is 20.5. The van der Waals surface area contributed by atoms with Crippen LogP contribution in [0.2, 0.25) is 0 Å². The van der Waals surface area contributed by atoms with Crippen LogP contribution in [0.15, 0.2) is 72.8 Å². The molecule has 0 fully saturated rings. The van der Waals surface area contributed by atoms with Crippen LogP contribution < -0.4 is 10.1 Å². The Morgan fingerprint density at radius 2 is 1.43 bits per heavy atom. The van der Waals surface area contributed by atoms with Gasteiger partial charge in [0, 0.05) is 39.8 Å². The normalized spacial score (nSPS) is 15.7. The van der Waals surface area contributed by atoms with Crippen molar-refractivity contribution in [3.63, 3.8) is 0 Å². The van der Waals surface area contributed by atoms with E-state index in [1.165, 1.54) is 37.6 Å². The van der Waals surface area contributed by atoms with E-state index in [1.807, 2.05) is 55.5 Å². The van der Waals surface area contributed by atoms with Crippen LogP contribution in [0.5, 0.6) is 5.75 Å². The SMILES string of the molecule is CCCCCCCCn1c(C)c(C2(c3ccccc3OCC)OC(=O)c3ccccc32)c2ccccc21.CCNCC. The molecule has 5 heteroatoms. The number of ether oxygens (including phenoxy) is 2. The number of para-hydroxylation sites is 2. The fourth-order valence-electron chi connectivity index (χ4n) is 6.24. The van der Waals surface area contributed by atoms with E-state index in [1.54, 1.807) is 0 Å². The van der Waals surface area contributed by atoms with Gasteiger partial charge in [0.25, 0.3) is 0 Å². The van der Waals surface area contributed by atoms with Crippen LogP contribution in [-0.4, -0.2) is 30.2 Å². The maximum Gasteiger partial charge on any atom is 0.340 e. The van der Waals surface area contributed by atoms with Gasteiger partial charge in [-0.15, -0.1) is 0 Å². The summed E-state index contributed by atoms with van der Waals surface area (Å²) in [5.41, 5.74) is 4.59. The van der Waals surface area contributed by atoms with Crippen LogP contribution in [0.4, 0.5) is 0 Å². The van der Waals surface area contributed by atoms with Gasteiger partial charge in [-0.3, -0.25) is 0 Å². The minimum Gasteiger partial charge on any atom is -0.493 e. The molecule has 4 aromatic rings. The van der Waals surface area contributed by atoms with Crippen LogP contribution in [0.25, 0.3) is 10.9 Å². The van der Waals surface area contributed by atoms with Crippen molar-refractivity contribution in [2.24, 2.45) is 0 Å². The Labute approximate surface area is 252 Å². The summed E-state index contributed by atoms with van der Waals surface area (Å²) in [4.78, 5) is 13.4. The van der Waals surface area contributed by atoms with Crippen LogP contribution in [-0.2, 0) is 16.9 Å². The number of benzene rings is 3. The molecule has 1 N–H and O–H groups in total. The number of aromatic nitrogens is 1. The number of hydrogen-bond donors (Lipinski definition) is 1. The van der Waals surface area contributed by atoms with Crippen molar-refractivity contribution in [1.82, 2.24) is 9.88 Å². The Hall–Kier alpha value is -3.57. The number of nitrogens with zero attached hydrogens (tertiary/aromatic N) is 1. The molecule has 0 bridgehead atoms. The van der Waals surface area contributed by atoms with Gasteiger partial charge in [-0.25, -0.2) is 4.79 Å². The second kappa shape index (κ2) is 15.1.